The number of carbonyl (C=O) groups excluding carboxylic acids is 2. The van der Waals surface area contributed by atoms with Crippen molar-refractivity contribution in [1.82, 2.24) is 5.32 Å². The lowest BCUT2D eigenvalue weighted by atomic mass is 10.1. The number of ether oxygens (including phenoxy) is 2. The summed E-state index contributed by atoms with van der Waals surface area (Å²) in [7, 11) is 1.43. The molecule has 2 rings (SSSR count). The molecule has 2 aromatic rings. The number of nitrogens with zero attached hydrogens (tertiary/aromatic N) is 1. The molecule has 0 aromatic heterocycles. The minimum atomic E-state index is -0.558. The van der Waals surface area contributed by atoms with Gasteiger partial charge in [-0.25, -0.2) is 4.79 Å². The number of methoxy groups -OCH3 is 1. The maximum Gasteiger partial charge on any atom is 0.336 e. The van der Waals surface area contributed by atoms with Crippen LogP contribution in [0.4, 0.5) is 0 Å². The fourth-order valence-corrected chi connectivity index (χ4v) is 2.30. The molecule has 0 spiro atoms. The Morgan fingerprint density at radius 2 is 1.90 bits per heavy atom. The predicted molar refractivity (Wildman–Crippen MR) is 111 cm³/mol. The van der Waals surface area contributed by atoms with Gasteiger partial charge in [-0.2, -0.15) is 5.26 Å². The van der Waals surface area contributed by atoms with Gasteiger partial charge in [0.25, 0.3) is 5.91 Å². The number of nitrogens with one attached hydrogen (secondary N) is 1. The Morgan fingerprint density at radius 3 is 2.55 bits per heavy atom. The maximum absolute atomic E-state index is 12.1. The van der Waals surface area contributed by atoms with E-state index in [1.54, 1.807) is 18.2 Å². The van der Waals surface area contributed by atoms with Gasteiger partial charge in [-0.3, -0.25) is 4.79 Å². The third-order valence-electron chi connectivity index (χ3n) is 3.69. The molecule has 0 aliphatic rings. The van der Waals surface area contributed by atoms with E-state index in [1.807, 2.05) is 36.4 Å². The van der Waals surface area contributed by atoms with Crippen molar-refractivity contribution in [3.63, 3.8) is 0 Å². The van der Waals surface area contributed by atoms with E-state index in [0.717, 1.165) is 5.56 Å². The summed E-state index contributed by atoms with van der Waals surface area (Å²) in [5.74, 6) is -0.545. The molecule has 1 amide bonds. The van der Waals surface area contributed by atoms with Crippen LogP contribution in [0.25, 0.3) is 12.2 Å². The summed E-state index contributed by atoms with van der Waals surface area (Å²) >= 11 is 0. The quantitative estimate of drug-likeness (QED) is 0.246. The second-order valence-corrected chi connectivity index (χ2v) is 5.74. The van der Waals surface area contributed by atoms with Gasteiger partial charge in [0, 0.05) is 12.6 Å². The van der Waals surface area contributed by atoms with Gasteiger partial charge < -0.3 is 14.8 Å². The summed E-state index contributed by atoms with van der Waals surface area (Å²) in [4.78, 5) is 24.0. The molecule has 2 aromatic carbocycles. The average molecular weight is 388 g/mol. The second-order valence-electron chi connectivity index (χ2n) is 5.74. The molecule has 0 atom stereocenters. The van der Waals surface area contributed by atoms with Crippen molar-refractivity contribution >= 4 is 24.0 Å². The molecule has 0 unspecified atom stereocenters. The lowest BCUT2D eigenvalue weighted by Gasteiger charge is -2.09. The van der Waals surface area contributed by atoms with E-state index in [1.165, 1.54) is 31.4 Å². The molecule has 146 valence electrons. The average Bonchev–Trinajstić information content (AvgIpc) is 2.75. The van der Waals surface area contributed by atoms with Crippen LogP contribution in [0.2, 0.25) is 0 Å². The van der Waals surface area contributed by atoms with Crippen molar-refractivity contribution in [2.45, 2.75) is 0 Å². The van der Waals surface area contributed by atoms with Crippen molar-refractivity contribution in [1.29, 1.82) is 5.26 Å². The Hall–Kier alpha value is -4.11. The van der Waals surface area contributed by atoms with Crippen LogP contribution in [0, 0.1) is 11.3 Å². The predicted octanol–water partition coefficient (Wildman–Crippen LogP) is 3.52. The van der Waals surface area contributed by atoms with Gasteiger partial charge in [-0.05, 0) is 35.4 Å². The van der Waals surface area contributed by atoms with E-state index < -0.39 is 11.9 Å². The summed E-state index contributed by atoms with van der Waals surface area (Å²) in [5.41, 5.74) is 1.35. The third kappa shape index (κ3) is 6.52. The first-order chi connectivity index (χ1) is 14.1. The summed E-state index contributed by atoms with van der Waals surface area (Å²) in [5, 5.41) is 11.7. The van der Waals surface area contributed by atoms with Crippen LogP contribution in [0.15, 0.2) is 72.8 Å². The van der Waals surface area contributed by atoms with Crippen LogP contribution in [0.5, 0.6) is 11.5 Å². The number of rotatable bonds is 8. The number of amides is 1. The van der Waals surface area contributed by atoms with E-state index in [9.17, 15) is 14.9 Å². The molecule has 0 radical (unpaired) electrons. The molecular formula is C23H20N2O4. The minimum Gasteiger partial charge on any atom is -0.493 e. The van der Waals surface area contributed by atoms with E-state index in [4.69, 9.17) is 9.47 Å². The van der Waals surface area contributed by atoms with Crippen LogP contribution in [-0.2, 0) is 9.59 Å². The van der Waals surface area contributed by atoms with Crippen molar-refractivity contribution in [2.24, 2.45) is 0 Å². The van der Waals surface area contributed by atoms with E-state index >= 15 is 0 Å². The topological polar surface area (TPSA) is 88.4 Å². The van der Waals surface area contributed by atoms with Gasteiger partial charge in [0.1, 0.15) is 11.6 Å². The zero-order valence-corrected chi connectivity index (χ0v) is 15.9. The van der Waals surface area contributed by atoms with Crippen molar-refractivity contribution in [3.05, 3.63) is 84.0 Å². The highest BCUT2D eigenvalue weighted by Crippen LogP contribution is 2.29. The molecule has 6 nitrogen and oxygen atoms in total. The molecule has 0 bridgehead atoms. The fraction of sp³-hybridized carbons (Fsp3) is 0.0870. The highest BCUT2D eigenvalue weighted by Gasteiger charge is 2.11. The number of nitriles is 1. The van der Waals surface area contributed by atoms with Crippen LogP contribution in [0.1, 0.15) is 11.1 Å². The van der Waals surface area contributed by atoms with Gasteiger partial charge in [-0.15, -0.1) is 6.58 Å². The Balaban J connectivity index is 2.15. The molecule has 0 aliphatic carbocycles. The number of carbonyl (C=O) groups is 2. The van der Waals surface area contributed by atoms with Gasteiger partial charge in [-0.1, -0.05) is 42.5 Å². The molecule has 0 saturated carbocycles. The number of hydrogen-bond acceptors (Lipinski definition) is 5. The summed E-state index contributed by atoms with van der Waals surface area (Å²) in [6, 6.07) is 15.9. The normalized spacial score (nSPS) is 10.8. The van der Waals surface area contributed by atoms with E-state index in [2.05, 4.69) is 11.9 Å². The Labute approximate surface area is 169 Å². The van der Waals surface area contributed by atoms with Crippen LogP contribution in [0.3, 0.4) is 0 Å². The lowest BCUT2D eigenvalue weighted by molar-refractivity contribution is -0.129. The first-order valence-electron chi connectivity index (χ1n) is 8.71. The van der Waals surface area contributed by atoms with Crippen molar-refractivity contribution in [2.75, 3.05) is 13.7 Å². The summed E-state index contributed by atoms with van der Waals surface area (Å²) in [6.07, 6.45) is 5.90. The second kappa shape index (κ2) is 10.9. The first kappa shape index (κ1) is 21.2. The minimum absolute atomic E-state index is 0.0653. The number of hydrogen-bond donors (Lipinski definition) is 1. The first-order valence-corrected chi connectivity index (χ1v) is 8.71. The molecule has 1 N–H and O–H groups in total. The third-order valence-corrected chi connectivity index (χ3v) is 3.69. The highest BCUT2D eigenvalue weighted by molar-refractivity contribution is 6.01. The SMILES string of the molecule is C=CCNC(=O)/C(C#N)=C\c1ccc(OC(=O)/C=C/c2ccccc2)c(OC)c1. The standard InChI is InChI=1S/C23H20N2O4/c1-3-13-25-23(27)19(16-24)14-18-9-11-20(21(15-18)28-2)29-22(26)12-10-17-7-5-4-6-8-17/h3-12,14-15H,1,13H2,2H3,(H,25,27)/b12-10+,19-14-. The van der Waals surface area contributed by atoms with Crippen molar-refractivity contribution in [3.8, 4) is 17.6 Å². The highest BCUT2D eigenvalue weighted by atomic mass is 16.6. The largest absolute Gasteiger partial charge is 0.493 e. The molecule has 6 heteroatoms. The Morgan fingerprint density at radius 1 is 1.14 bits per heavy atom. The van der Waals surface area contributed by atoms with Gasteiger partial charge in [0.15, 0.2) is 11.5 Å². The van der Waals surface area contributed by atoms with Crippen LogP contribution in [-0.4, -0.2) is 25.5 Å². The fourth-order valence-electron chi connectivity index (χ4n) is 2.30. The van der Waals surface area contributed by atoms with Gasteiger partial charge in [0.2, 0.25) is 0 Å². The maximum atomic E-state index is 12.1. The molecule has 0 saturated heterocycles. The van der Waals surface area contributed by atoms with Gasteiger partial charge in [0.05, 0.1) is 7.11 Å². The monoisotopic (exact) mass is 388 g/mol. The van der Waals surface area contributed by atoms with E-state index in [0.29, 0.717) is 11.3 Å². The smallest absolute Gasteiger partial charge is 0.336 e. The van der Waals surface area contributed by atoms with Crippen LogP contribution < -0.4 is 14.8 Å². The lowest BCUT2D eigenvalue weighted by Crippen LogP contribution is -2.24. The molecule has 0 aliphatic heterocycles. The van der Waals surface area contributed by atoms with Crippen molar-refractivity contribution < 1.29 is 19.1 Å². The molecule has 0 fully saturated rings. The zero-order chi connectivity index (χ0) is 21.1. The van der Waals surface area contributed by atoms with Crippen LogP contribution >= 0.6 is 0 Å². The Kier molecular flexibility index (Phi) is 7.96. The summed E-state index contributed by atoms with van der Waals surface area (Å²) in [6.45, 7) is 3.76. The number of benzene rings is 2. The van der Waals surface area contributed by atoms with E-state index in [-0.39, 0.29) is 17.9 Å². The Bertz CT molecular complexity index is 986. The summed E-state index contributed by atoms with van der Waals surface area (Å²) < 4.78 is 10.6. The van der Waals surface area contributed by atoms with Gasteiger partial charge >= 0.3 is 5.97 Å². The molecule has 29 heavy (non-hydrogen) atoms. The molecule has 0 heterocycles. The zero-order valence-electron chi connectivity index (χ0n) is 15.9. The number of esters is 1. The molecular weight excluding hydrogens is 368 g/mol.